The fourth-order valence-corrected chi connectivity index (χ4v) is 3.31. The Morgan fingerprint density at radius 3 is 2.50 bits per heavy atom. The molecule has 3 rings (SSSR count). The van der Waals surface area contributed by atoms with Crippen LogP contribution in [0, 0.1) is 20.8 Å². The zero-order chi connectivity index (χ0) is 19.9. The minimum absolute atomic E-state index is 0.185. The number of carbonyl (C=O) groups is 1. The van der Waals surface area contributed by atoms with Gasteiger partial charge >= 0.3 is 6.03 Å². The van der Waals surface area contributed by atoms with Crippen molar-refractivity contribution in [1.82, 2.24) is 10.2 Å². The summed E-state index contributed by atoms with van der Waals surface area (Å²) < 4.78 is 0. The van der Waals surface area contributed by atoms with Crippen LogP contribution in [0.4, 0.5) is 16.2 Å². The molecule has 0 spiro atoms. The topological polar surface area (TPSA) is 68.8 Å². The second-order valence-electron chi connectivity index (χ2n) is 7.15. The standard InChI is InChI=1S/C22H29N5O/c1-16-7-9-19(10-8-16)26-22(28)24-12-14-27-13-11-23-20(27)15-25-21-17(2)5-4-6-18(21)3/h4-10,25H,11-15H2,1-3H3,(H2,24,26,28). The molecule has 0 saturated heterocycles. The predicted octanol–water partition coefficient (Wildman–Crippen LogP) is 3.56. The summed E-state index contributed by atoms with van der Waals surface area (Å²) in [7, 11) is 0. The van der Waals surface area contributed by atoms with Crippen LogP contribution < -0.4 is 16.0 Å². The summed E-state index contributed by atoms with van der Waals surface area (Å²) in [5, 5.41) is 9.29. The van der Waals surface area contributed by atoms with Gasteiger partial charge in [-0.2, -0.15) is 0 Å². The maximum Gasteiger partial charge on any atom is 0.319 e. The number of hydrogen-bond acceptors (Lipinski definition) is 4. The maximum atomic E-state index is 12.1. The Morgan fingerprint density at radius 1 is 1.07 bits per heavy atom. The Labute approximate surface area is 167 Å². The SMILES string of the molecule is Cc1ccc(NC(=O)NCCN2CCN=C2CNc2c(C)cccc2C)cc1. The molecule has 6 heteroatoms. The van der Waals surface area contributed by atoms with Gasteiger partial charge in [-0.25, -0.2) is 4.79 Å². The lowest BCUT2D eigenvalue weighted by Gasteiger charge is -2.22. The molecular weight excluding hydrogens is 350 g/mol. The molecule has 2 amide bonds. The molecule has 0 saturated carbocycles. The minimum atomic E-state index is -0.185. The molecule has 0 aromatic heterocycles. The first kappa shape index (κ1) is 19.7. The summed E-state index contributed by atoms with van der Waals surface area (Å²) in [5.41, 5.74) is 5.61. The lowest BCUT2D eigenvalue weighted by Crippen LogP contribution is -2.40. The van der Waals surface area contributed by atoms with E-state index in [2.05, 4.69) is 57.9 Å². The molecule has 0 radical (unpaired) electrons. The van der Waals surface area contributed by atoms with Crippen molar-refractivity contribution in [3.8, 4) is 0 Å². The van der Waals surface area contributed by atoms with Crippen LogP contribution in [0.3, 0.4) is 0 Å². The normalized spacial score (nSPS) is 13.2. The van der Waals surface area contributed by atoms with Gasteiger partial charge in [-0.3, -0.25) is 4.99 Å². The average molecular weight is 380 g/mol. The Kier molecular flexibility index (Phi) is 6.53. The first-order valence-electron chi connectivity index (χ1n) is 9.73. The van der Waals surface area contributed by atoms with Crippen LogP contribution in [0.25, 0.3) is 0 Å². The van der Waals surface area contributed by atoms with Gasteiger partial charge in [0.25, 0.3) is 0 Å². The number of anilines is 2. The number of amides is 2. The molecule has 1 aliphatic rings. The van der Waals surface area contributed by atoms with E-state index in [1.807, 2.05) is 31.2 Å². The van der Waals surface area contributed by atoms with E-state index in [0.717, 1.165) is 31.2 Å². The van der Waals surface area contributed by atoms with Gasteiger partial charge in [0.05, 0.1) is 13.1 Å². The predicted molar refractivity (Wildman–Crippen MR) is 116 cm³/mol. The second kappa shape index (κ2) is 9.26. The van der Waals surface area contributed by atoms with Crippen LogP contribution in [0.1, 0.15) is 16.7 Å². The molecule has 2 aromatic carbocycles. The van der Waals surface area contributed by atoms with Crippen LogP contribution in [-0.4, -0.2) is 49.5 Å². The van der Waals surface area contributed by atoms with Gasteiger partial charge in [-0.15, -0.1) is 0 Å². The van der Waals surface area contributed by atoms with Crippen LogP contribution in [0.2, 0.25) is 0 Å². The summed E-state index contributed by atoms with van der Waals surface area (Å²) in [5.74, 6) is 1.04. The fraction of sp³-hybridized carbons (Fsp3) is 0.364. The maximum absolute atomic E-state index is 12.1. The Hall–Kier alpha value is -3.02. The van der Waals surface area contributed by atoms with Gasteiger partial charge in [-0.05, 0) is 44.0 Å². The molecule has 6 nitrogen and oxygen atoms in total. The monoisotopic (exact) mass is 379 g/mol. The van der Waals surface area contributed by atoms with Gasteiger partial charge in [0.2, 0.25) is 0 Å². The van der Waals surface area contributed by atoms with Gasteiger partial charge < -0.3 is 20.9 Å². The highest BCUT2D eigenvalue weighted by Gasteiger charge is 2.17. The smallest absolute Gasteiger partial charge is 0.319 e. The minimum Gasteiger partial charge on any atom is -0.377 e. The zero-order valence-electron chi connectivity index (χ0n) is 16.9. The second-order valence-corrected chi connectivity index (χ2v) is 7.15. The van der Waals surface area contributed by atoms with Crippen molar-refractivity contribution in [2.75, 3.05) is 43.4 Å². The molecule has 148 valence electrons. The fourth-order valence-electron chi connectivity index (χ4n) is 3.31. The molecule has 1 aliphatic heterocycles. The molecule has 0 atom stereocenters. The molecule has 0 unspecified atom stereocenters. The van der Waals surface area contributed by atoms with Gasteiger partial charge in [-0.1, -0.05) is 35.9 Å². The third-order valence-corrected chi connectivity index (χ3v) is 4.91. The van der Waals surface area contributed by atoms with Crippen molar-refractivity contribution in [3.05, 3.63) is 59.2 Å². The van der Waals surface area contributed by atoms with E-state index in [9.17, 15) is 4.79 Å². The van der Waals surface area contributed by atoms with E-state index < -0.39 is 0 Å². The number of carbonyl (C=O) groups excluding carboxylic acids is 1. The summed E-state index contributed by atoms with van der Waals surface area (Å²) in [4.78, 5) is 18.9. The van der Waals surface area contributed by atoms with E-state index in [-0.39, 0.29) is 6.03 Å². The lowest BCUT2D eigenvalue weighted by molar-refractivity contribution is 0.251. The van der Waals surface area contributed by atoms with Gasteiger partial charge in [0, 0.05) is 31.0 Å². The van der Waals surface area contributed by atoms with Crippen molar-refractivity contribution < 1.29 is 4.79 Å². The number of aliphatic imine (C=N–C) groups is 1. The number of amidine groups is 1. The van der Waals surface area contributed by atoms with Gasteiger partial charge in [0.15, 0.2) is 0 Å². The number of rotatable bonds is 7. The Balaban J connectivity index is 1.43. The Morgan fingerprint density at radius 2 is 1.79 bits per heavy atom. The molecule has 0 aliphatic carbocycles. The number of nitrogens with one attached hydrogen (secondary N) is 3. The first-order valence-corrected chi connectivity index (χ1v) is 9.73. The third-order valence-electron chi connectivity index (χ3n) is 4.91. The van der Waals surface area contributed by atoms with Crippen molar-refractivity contribution in [3.63, 3.8) is 0 Å². The molecule has 2 aromatic rings. The quantitative estimate of drug-likeness (QED) is 0.689. The van der Waals surface area contributed by atoms with E-state index >= 15 is 0 Å². The summed E-state index contributed by atoms with van der Waals surface area (Å²) >= 11 is 0. The summed E-state index contributed by atoms with van der Waals surface area (Å²) in [6.45, 7) is 9.95. The number of nitrogens with zero attached hydrogens (tertiary/aromatic N) is 2. The number of para-hydroxylation sites is 1. The van der Waals surface area contributed by atoms with Crippen molar-refractivity contribution in [2.24, 2.45) is 4.99 Å². The number of hydrogen-bond donors (Lipinski definition) is 3. The van der Waals surface area contributed by atoms with Gasteiger partial charge in [0.1, 0.15) is 5.84 Å². The van der Waals surface area contributed by atoms with Crippen molar-refractivity contribution in [1.29, 1.82) is 0 Å². The number of aryl methyl sites for hydroxylation is 3. The van der Waals surface area contributed by atoms with Crippen molar-refractivity contribution in [2.45, 2.75) is 20.8 Å². The highest BCUT2D eigenvalue weighted by atomic mass is 16.2. The first-order chi connectivity index (χ1) is 13.5. The van der Waals surface area contributed by atoms with E-state index in [4.69, 9.17) is 0 Å². The third kappa shape index (κ3) is 5.25. The zero-order valence-corrected chi connectivity index (χ0v) is 16.9. The largest absolute Gasteiger partial charge is 0.377 e. The Bertz CT molecular complexity index is 824. The molecule has 28 heavy (non-hydrogen) atoms. The average Bonchev–Trinajstić information content (AvgIpc) is 3.11. The van der Waals surface area contributed by atoms with E-state index in [1.54, 1.807) is 0 Å². The highest BCUT2D eigenvalue weighted by Crippen LogP contribution is 2.19. The van der Waals surface area contributed by atoms with E-state index in [1.165, 1.54) is 22.4 Å². The number of urea groups is 1. The van der Waals surface area contributed by atoms with E-state index in [0.29, 0.717) is 13.1 Å². The molecule has 0 fully saturated rings. The van der Waals surface area contributed by atoms with Crippen LogP contribution in [0.15, 0.2) is 47.5 Å². The molecular formula is C22H29N5O. The van der Waals surface area contributed by atoms with Crippen LogP contribution in [0.5, 0.6) is 0 Å². The number of benzene rings is 2. The molecule has 3 N–H and O–H groups in total. The summed E-state index contributed by atoms with van der Waals surface area (Å²) in [6, 6.07) is 13.9. The summed E-state index contributed by atoms with van der Waals surface area (Å²) in [6.07, 6.45) is 0. The van der Waals surface area contributed by atoms with Crippen molar-refractivity contribution >= 4 is 23.2 Å². The molecule has 0 bridgehead atoms. The lowest BCUT2D eigenvalue weighted by atomic mass is 10.1. The van der Waals surface area contributed by atoms with Crippen LogP contribution in [-0.2, 0) is 0 Å². The molecule has 1 heterocycles. The highest BCUT2D eigenvalue weighted by molar-refractivity contribution is 5.90. The van der Waals surface area contributed by atoms with Crippen LogP contribution >= 0.6 is 0 Å².